The summed E-state index contributed by atoms with van der Waals surface area (Å²) in [6.07, 6.45) is 3.37. The Bertz CT molecular complexity index is 343. The lowest BCUT2D eigenvalue weighted by atomic mass is 10.4. The molecule has 0 N–H and O–H groups in total. The molecule has 0 atom stereocenters. The van der Waals surface area contributed by atoms with E-state index in [2.05, 4.69) is 10.1 Å². The van der Waals surface area contributed by atoms with Gasteiger partial charge in [0.2, 0.25) is 0 Å². The molecule has 5 heteroatoms. The van der Waals surface area contributed by atoms with Crippen molar-refractivity contribution in [1.29, 1.82) is 0 Å². The molecule has 0 saturated heterocycles. The molecule has 68 valence electrons. The molecule has 0 amide bonds. The maximum atomic E-state index is 4.74. The third kappa shape index (κ3) is 1.86. The molecule has 2 heterocycles. The summed E-state index contributed by atoms with van der Waals surface area (Å²) in [5.41, 5.74) is 0.915. The topological polar surface area (TPSA) is 42.2 Å². The van der Waals surface area contributed by atoms with E-state index < -0.39 is 0 Å². The van der Waals surface area contributed by atoms with E-state index in [0.29, 0.717) is 0 Å². The van der Waals surface area contributed by atoms with Gasteiger partial charge >= 0.3 is 0 Å². The predicted octanol–water partition coefficient (Wildman–Crippen LogP) is 1.77. The van der Waals surface area contributed by atoms with E-state index in [1.807, 2.05) is 23.4 Å². The Labute approximate surface area is 79.8 Å². The van der Waals surface area contributed by atoms with Gasteiger partial charge in [0.15, 0.2) is 5.13 Å². The molecule has 0 radical (unpaired) electrons. The lowest BCUT2D eigenvalue weighted by Crippen LogP contribution is -2.15. The molecule has 2 aromatic rings. The number of hydrogen-bond donors (Lipinski definition) is 0. The van der Waals surface area contributed by atoms with Gasteiger partial charge in [-0.15, -0.1) is 11.3 Å². The Hall–Kier alpha value is -1.36. The average Bonchev–Trinajstić information content (AvgIpc) is 2.74. The highest BCUT2D eigenvalue weighted by Crippen LogP contribution is 2.16. The highest BCUT2D eigenvalue weighted by molar-refractivity contribution is 7.13. The van der Waals surface area contributed by atoms with Crippen molar-refractivity contribution in [2.45, 2.75) is 6.54 Å². The summed E-state index contributed by atoms with van der Waals surface area (Å²) < 4.78 is 4.74. The van der Waals surface area contributed by atoms with E-state index in [4.69, 9.17) is 4.52 Å². The van der Waals surface area contributed by atoms with Crippen molar-refractivity contribution in [2.75, 3.05) is 11.9 Å². The van der Waals surface area contributed by atoms with Crippen molar-refractivity contribution in [1.82, 2.24) is 10.1 Å². The molecule has 13 heavy (non-hydrogen) atoms. The Kier molecular flexibility index (Phi) is 2.27. The highest BCUT2D eigenvalue weighted by atomic mass is 32.1. The Morgan fingerprint density at radius 2 is 2.54 bits per heavy atom. The zero-order valence-corrected chi connectivity index (χ0v) is 7.99. The van der Waals surface area contributed by atoms with Crippen LogP contribution in [0.3, 0.4) is 0 Å². The van der Waals surface area contributed by atoms with Crippen LogP contribution in [-0.4, -0.2) is 17.2 Å². The SMILES string of the molecule is CN(Cc1ccon1)c1nccs1. The molecule has 0 fully saturated rings. The minimum atomic E-state index is 0.726. The molecule has 0 aliphatic rings. The van der Waals surface area contributed by atoms with Crippen LogP contribution in [0.15, 0.2) is 28.4 Å². The van der Waals surface area contributed by atoms with Gasteiger partial charge in [0, 0.05) is 24.7 Å². The van der Waals surface area contributed by atoms with Gasteiger partial charge in [0.25, 0.3) is 0 Å². The number of rotatable bonds is 3. The number of hydrogen-bond acceptors (Lipinski definition) is 5. The van der Waals surface area contributed by atoms with E-state index in [1.54, 1.807) is 23.8 Å². The molecule has 4 nitrogen and oxygen atoms in total. The fraction of sp³-hybridized carbons (Fsp3) is 0.250. The van der Waals surface area contributed by atoms with Gasteiger partial charge in [-0.3, -0.25) is 0 Å². The second kappa shape index (κ2) is 3.57. The van der Waals surface area contributed by atoms with Crippen molar-refractivity contribution >= 4 is 16.5 Å². The molecular weight excluding hydrogens is 186 g/mol. The van der Waals surface area contributed by atoms with Crippen LogP contribution in [0.1, 0.15) is 5.69 Å². The van der Waals surface area contributed by atoms with E-state index in [9.17, 15) is 0 Å². The Morgan fingerprint density at radius 3 is 3.15 bits per heavy atom. The first-order valence-corrected chi connectivity index (χ1v) is 4.74. The van der Waals surface area contributed by atoms with Crippen LogP contribution < -0.4 is 4.90 Å². The summed E-state index contributed by atoms with van der Waals surface area (Å²) in [5.74, 6) is 0. The summed E-state index contributed by atoms with van der Waals surface area (Å²) in [7, 11) is 1.98. The molecule has 0 aromatic carbocycles. The summed E-state index contributed by atoms with van der Waals surface area (Å²) in [5, 5.41) is 6.77. The fourth-order valence-electron chi connectivity index (χ4n) is 1.03. The first-order valence-electron chi connectivity index (χ1n) is 3.86. The average molecular weight is 195 g/mol. The van der Waals surface area contributed by atoms with Crippen molar-refractivity contribution in [2.24, 2.45) is 0 Å². The monoisotopic (exact) mass is 195 g/mol. The van der Waals surface area contributed by atoms with Crippen molar-refractivity contribution in [3.8, 4) is 0 Å². The van der Waals surface area contributed by atoms with Crippen LogP contribution in [0.2, 0.25) is 0 Å². The third-order valence-corrected chi connectivity index (χ3v) is 2.52. The van der Waals surface area contributed by atoms with Crippen LogP contribution in [0.5, 0.6) is 0 Å². The summed E-state index contributed by atoms with van der Waals surface area (Å²) in [6.45, 7) is 0.726. The number of nitrogens with zero attached hydrogens (tertiary/aromatic N) is 3. The van der Waals surface area contributed by atoms with Crippen LogP contribution >= 0.6 is 11.3 Å². The highest BCUT2D eigenvalue weighted by Gasteiger charge is 2.05. The van der Waals surface area contributed by atoms with Crippen LogP contribution in [0.25, 0.3) is 0 Å². The molecule has 0 aliphatic carbocycles. The first kappa shape index (κ1) is 8.25. The van der Waals surface area contributed by atoms with Crippen LogP contribution in [0, 0.1) is 0 Å². The van der Waals surface area contributed by atoms with Crippen molar-refractivity contribution in [3.63, 3.8) is 0 Å². The minimum Gasteiger partial charge on any atom is -0.364 e. The molecular formula is C8H9N3OS. The van der Waals surface area contributed by atoms with E-state index in [0.717, 1.165) is 17.4 Å². The van der Waals surface area contributed by atoms with Gasteiger partial charge in [-0.25, -0.2) is 4.98 Å². The lowest BCUT2D eigenvalue weighted by Gasteiger charge is -2.12. The van der Waals surface area contributed by atoms with Crippen LogP contribution in [-0.2, 0) is 6.54 Å². The summed E-state index contributed by atoms with van der Waals surface area (Å²) >= 11 is 1.61. The Balaban J connectivity index is 2.04. The second-order valence-corrected chi connectivity index (χ2v) is 3.53. The lowest BCUT2D eigenvalue weighted by molar-refractivity contribution is 0.411. The fourth-order valence-corrected chi connectivity index (χ4v) is 1.64. The van der Waals surface area contributed by atoms with Gasteiger partial charge in [-0.2, -0.15) is 0 Å². The maximum absolute atomic E-state index is 4.74. The molecule has 0 saturated carbocycles. The van der Waals surface area contributed by atoms with Gasteiger partial charge in [0.1, 0.15) is 12.0 Å². The zero-order chi connectivity index (χ0) is 9.10. The van der Waals surface area contributed by atoms with Gasteiger partial charge in [-0.05, 0) is 0 Å². The van der Waals surface area contributed by atoms with Gasteiger partial charge in [0.05, 0.1) is 6.54 Å². The van der Waals surface area contributed by atoms with Crippen molar-refractivity contribution < 1.29 is 4.52 Å². The minimum absolute atomic E-state index is 0.726. The Morgan fingerprint density at radius 1 is 1.62 bits per heavy atom. The number of anilines is 1. The van der Waals surface area contributed by atoms with E-state index >= 15 is 0 Å². The largest absolute Gasteiger partial charge is 0.364 e. The predicted molar refractivity (Wildman–Crippen MR) is 50.7 cm³/mol. The molecule has 2 aromatic heterocycles. The normalized spacial score (nSPS) is 10.2. The smallest absolute Gasteiger partial charge is 0.185 e. The quantitative estimate of drug-likeness (QED) is 0.748. The molecule has 0 spiro atoms. The maximum Gasteiger partial charge on any atom is 0.185 e. The molecule has 0 unspecified atom stereocenters. The number of aromatic nitrogens is 2. The second-order valence-electron chi connectivity index (χ2n) is 2.66. The number of thiazole rings is 1. The van der Waals surface area contributed by atoms with E-state index in [1.165, 1.54) is 0 Å². The molecule has 0 aliphatic heterocycles. The molecule has 2 rings (SSSR count). The van der Waals surface area contributed by atoms with Crippen molar-refractivity contribution in [3.05, 3.63) is 29.6 Å². The van der Waals surface area contributed by atoms with E-state index in [-0.39, 0.29) is 0 Å². The zero-order valence-electron chi connectivity index (χ0n) is 7.17. The standard InChI is InChI=1S/C8H9N3OS/c1-11(8-9-3-5-13-8)6-7-2-4-12-10-7/h2-5H,6H2,1H3. The third-order valence-electron chi connectivity index (χ3n) is 1.64. The summed E-state index contributed by atoms with van der Waals surface area (Å²) in [6, 6.07) is 1.85. The first-order chi connectivity index (χ1) is 6.36. The van der Waals surface area contributed by atoms with Gasteiger partial charge in [-0.1, -0.05) is 5.16 Å². The summed E-state index contributed by atoms with van der Waals surface area (Å²) in [4.78, 5) is 6.21. The van der Waals surface area contributed by atoms with Crippen LogP contribution in [0.4, 0.5) is 5.13 Å². The molecule has 0 bridgehead atoms. The van der Waals surface area contributed by atoms with Gasteiger partial charge < -0.3 is 9.42 Å².